The number of carbonyl (C=O) groups excluding carboxylic acids is 1. The van der Waals surface area contributed by atoms with Crippen molar-refractivity contribution in [3.05, 3.63) is 52.3 Å². The maximum absolute atomic E-state index is 12.3. The Morgan fingerprint density at radius 2 is 1.94 bits per heavy atom. The van der Waals surface area contributed by atoms with E-state index in [-0.39, 0.29) is 5.56 Å². The van der Waals surface area contributed by atoms with Gasteiger partial charge < -0.3 is 14.5 Å². The monoisotopic (exact) mass is 427 g/mol. The van der Waals surface area contributed by atoms with E-state index in [1.165, 1.54) is 11.1 Å². The summed E-state index contributed by atoms with van der Waals surface area (Å²) in [5.74, 6) is 0.839. The van der Waals surface area contributed by atoms with Crippen LogP contribution in [0.5, 0.6) is 0 Å². The molecule has 168 valence electrons. The molecule has 31 heavy (non-hydrogen) atoms. The van der Waals surface area contributed by atoms with Crippen LogP contribution in [-0.4, -0.2) is 61.1 Å². The first kappa shape index (κ1) is 22.8. The van der Waals surface area contributed by atoms with E-state index in [1.54, 1.807) is 18.2 Å². The minimum absolute atomic E-state index is 0.142. The highest BCUT2D eigenvalue weighted by atomic mass is 16.5. The van der Waals surface area contributed by atoms with Crippen LogP contribution in [0, 0.1) is 0 Å². The van der Waals surface area contributed by atoms with Gasteiger partial charge >= 0.3 is 6.09 Å². The molecular weight excluding hydrogens is 394 g/mol. The number of ether oxygens (including phenoxy) is 1. The Hall–Kier alpha value is -2.87. The Morgan fingerprint density at radius 3 is 2.71 bits per heavy atom. The second-order valence-corrected chi connectivity index (χ2v) is 8.21. The summed E-state index contributed by atoms with van der Waals surface area (Å²) < 4.78 is 6.72. The normalized spacial score (nSPS) is 14.0. The van der Waals surface area contributed by atoms with E-state index in [1.807, 2.05) is 32.3 Å². The van der Waals surface area contributed by atoms with Crippen molar-refractivity contribution in [2.24, 2.45) is 0 Å². The third-order valence-electron chi connectivity index (χ3n) is 5.27. The standard InChI is InChI=1S/C23H33N5O3/c1-26(2)13-6-7-16-31-23(30)24-20-10-8-9-19(17-20)18-28-22(29)12-11-21(25-28)27-14-4-3-5-15-27/h8-12,17H,3-7,13-16,18H2,1-2H3,(H,24,30). The van der Waals surface area contributed by atoms with Crippen molar-refractivity contribution in [3.63, 3.8) is 0 Å². The first-order valence-electron chi connectivity index (χ1n) is 11.0. The molecule has 0 unspecified atom stereocenters. The summed E-state index contributed by atoms with van der Waals surface area (Å²) in [4.78, 5) is 28.7. The van der Waals surface area contributed by atoms with Crippen LogP contribution < -0.4 is 15.8 Å². The minimum Gasteiger partial charge on any atom is -0.449 e. The van der Waals surface area contributed by atoms with Gasteiger partial charge in [0.25, 0.3) is 5.56 Å². The second-order valence-electron chi connectivity index (χ2n) is 8.21. The third kappa shape index (κ3) is 7.40. The van der Waals surface area contributed by atoms with E-state index in [0.29, 0.717) is 18.8 Å². The molecule has 2 heterocycles. The molecular formula is C23H33N5O3. The van der Waals surface area contributed by atoms with Crippen LogP contribution in [0.4, 0.5) is 16.3 Å². The van der Waals surface area contributed by atoms with Crippen molar-refractivity contribution in [3.8, 4) is 0 Å². The zero-order chi connectivity index (χ0) is 22.1. The zero-order valence-electron chi connectivity index (χ0n) is 18.5. The number of rotatable bonds is 9. The van der Waals surface area contributed by atoms with Gasteiger partial charge in [0.05, 0.1) is 13.2 Å². The number of aromatic nitrogens is 2. The highest BCUT2D eigenvalue weighted by Gasteiger charge is 2.13. The van der Waals surface area contributed by atoms with Gasteiger partial charge in [-0.05, 0) is 76.5 Å². The topological polar surface area (TPSA) is 79.7 Å². The number of benzene rings is 1. The molecule has 1 aromatic carbocycles. The van der Waals surface area contributed by atoms with E-state index in [4.69, 9.17) is 4.74 Å². The summed E-state index contributed by atoms with van der Waals surface area (Å²) in [6, 6.07) is 10.8. The van der Waals surface area contributed by atoms with E-state index >= 15 is 0 Å². The number of hydrogen-bond acceptors (Lipinski definition) is 6. The average Bonchev–Trinajstić information content (AvgIpc) is 2.76. The molecule has 3 rings (SSSR count). The predicted molar refractivity (Wildman–Crippen MR) is 123 cm³/mol. The highest BCUT2D eigenvalue weighted by Crippen LogP contribution is 2.17. The number of nitrogens with one attached hydrogen (secondary N) is 1. The van der Waals surface area contributed by atoms with Gasteiger partial charge in [-0.3, -0.25) is 10.1 Å². The van der Waals surface area contributed by atoms with Gasteiger partial charge in [-0.1, -0.05) is 12.1 Å². The largest absolute Gasteiger partial charge is 0.449 e. The Labute approximate surface area is 183 Å². The van der Waals surface area contributed by atoms with Crippen molar-refractivity contribution in [1.29, 1.82) is 0 Å². The van der Waals surface area contributed by atoms with Gasteiger partial charge in [0, 0.05) is 24.8 Å². The van der Waals surface area contributed by atoms with Gasteiger partial charge in [0.2, 0.25) is 0 Å². The first-order valence-corrected chi connectivity index (χ1v) is 11.0. The molecule has 8 nitrogen and oxygen atoms in total. The lowest BCUT2D eigenvalue weighted by molar-refractivity contribution is 0.158. The van der Waals surface area contributed by atoms with Crippen LogP contribution >= 0.6 is 0 Å². The molecule has 1 amide bonds. The number of unbranched alkanes of at least 4 members (excludes halogenated alkanes) is 1. The average molecular weight is 428 g/mol. The fraction of sp³-hybridized carbons (Fsp3) is 0.522. The molecule has 2 aromatic rings. The molecule has 1 aromatic heterocycles. The second kappa shape index (κ2) is 11.5. The van der Waals surface area contributed by atoms with Crippen molar-refractivity contribution in [1.82, 2.24) is 14.7 Å². The summed E-state index contributed by atoms with van der Waals surface area (Å²) >= 11 is 0. The Balaban J connectivity index is 1.56. The molecule has 0 aliphatic carbocycles. The molecule has 8 heteroatoms. The number of carbonyl (C=O) groups is 1. The molecule has 0 saturated carbocycles. The van der Waals surface area contributed by atoms with Gasteiger partial charge in [0.1, 0.15) is 5.82 Å². The zero-order valence-corrected chi connectivity index (χ0v) is 18.5. The summed E-state index contributed by atoms with van der Waals surface area (Å²) in [6.07, 6.45) is 4.89. The number of anilines is 2. The third-order valence-corrected chi connectivity index (χ3v) is 5.27. The fourth-order valence-corrected chi connectivity index (χ4v) is 3.61. The molecule has 1 aliphatic rings. The van der Waals surface area contributed by atoms with Crippen molar-refractivity contribution >= 4 is 17.6 Å². The molecule has 1 N–H and O–H groups in total. The van der Waals surface area contributed by atoms with E-state index in [0.717, 1.165) is 56.7 Å². The maximum atomic E-state index is 12.3. The van der Waals surface area contributed by atoms with Crippen LogP contribution in [-0.2, 0) is 11.3 Å². The van der Waals surface area contributed by atoms with Crippen LogP contribution in [0.15, 0.2) is 41.2 Å². The Morgan fingerprint density at radius 1 is 1.13 bits per heavy atom. The summed E-state index contributed by atoms with van der Waals surface area (Å²) in [5, 5.41) is 7.32. The number of nitrogens with zero attached hydrogens (tertiary/aromatic N) is 4. The molecule has 0 bridgehead atoms. The SMILES string of the molecule is CN(C)CCCCOC(=O)Nc1cccc(Cn2nc(N3CCCCC3)ccc2=O)c1. The molecule has 1 saturated heterocycles. The maximum Gasteiger partial charge on any atom is 0.411 e. The van der Waals surface area contributed by atoms with Crippen molar-refractivity contribution in [2.45, 2.75) is 38.6 Å². The molecule has 0 atom stereocenters. The van der Waals surface area contributed by atoms with Crippen LogP contribution in [0.25, 0.3) is 0 Å². The lowest BCUT2D eigenvalue weighted by atomic mass is 10.1. The van der Waals surface area contributed by atoms with Gasteiger partial charge in [-0.25, -0.2) is 9.48 Å². The molecule has 1 fully saturated rings. The van der Waals surface area contributed by atoms with E-state index in [2.05, 4.69) is 20.2 Å². The smallest absolute Gasteiger partial charge is 0.411 e. The summed E-state index contributed by atoms with van der Waals surface area (Å²) in [6.45, 7) is 3.65. The summed E-state index contributed by atoms with van der Waals surface area (Å²) in [7, 11) is 4.04. The summed E-state index contributed by atoms with van der Waals surface area (Å²) in [5.41, 5.74) is 1.38. The highest BCUT2D eigenvalue weighted by molar-refractivity contribution is 5.84. The van der Waals surface area contributed by atoms with Crippen LogP contribution in [0.1, 0.15) is 37.7 Å². The Kier molecular flexibility index (Phi) is 8.46. The minimum atomic E-state index is -0.468. The lowest BCUT2D eigenvalue weighted by Crippen LogP contribution is -2.33. The fourth-order valence-electron chi connectivity index (χ4n) is 3.61. The molecule has 0 radical (unpaired) electrons. The quantitative estimate of drug-likeness (QED) is 0.619. The Bertz CT molecular complexity index is 906. The molecule has 0 spiro atoms. The number of hydrogen-bond donors (Lipinski definition) is 1. The van der Waals surface area contributed by atoms with E-state index in [9.17, 15) is 9.59 Å². The van der Waals surface area contributed by atoms with Crippen LogP contribution in [0.3, 0.4) is 0 Å². The molecule has 1 aliphatic heterocycles. The first-order chi connectivity index (χ1) is 15.0. The van der Waals surface area contributed by atoms with Crippen LogP contribution in [0.2, 0.25) is 0 Å². The van der Waals surface area contributed by atoms with Gasteiger partial charge in [0.15, 0.2) is 0 Å². The van der Waals surface area contributed by atoms with E-state index < -0.39 is 6.09 Å². The van der Waals surface area contributed by atoms with Gasteiger partial charge in [-0.2, -0.15) is 5.10 Å². The van der Waals surface area contributed by atoms with Crippen molar-refractivity contribution in [2.75, 3.05) is 50.6 Å². The number of piperidine rings is 1. The number of amides is 1. The van der Waals surface area contributed by atoms with Crippen molar-refractivity contribution < 1.29 is 9.53 Å². The van der Waals surface area contributed by atoms with Gasteiger partial charge in [-0.15, -0.1) is 0 Å². The lowest BCUT2D eigenvalue weighted by Gasteiger charge is -2.27. The predicted octanol–water partition coefficient (Wildman–Crippen LogP) is 3.17.